The number of hydrogen-bond donors (Lipinski definition) is 1. The Balaban J connectivity index is 2.76. The molecule has 0 aromatic heterocycles. The summed E-state index contributed by atoms with van der Waals surface area (Å²) in [6.07, 6.45) is 0.897. The minimum Gasteiger partial charge on any atom is -0.508 e. The fraction of sp³-hybridized carbons (Fsp3) is 0.300. The quantitative estimate of drug-likeness (QED) is 0.687. The van der Waals surface area contributed by atoms with Gasteiger partial charge in [0.05, 0.1) is 0 Å². The maximum Gasteiger partial charge on any atom is 0.119 e. The first-order chi connectivity index (χ1) is 5.70. The van der Waals surface area contributed by atoms with Crippen molar-refractivity contribution in [2.24, 2.45) is 0 Å². The van der Waals surface area contributed by atoms with E-state index >= 15 is 0 Å². The zero-order valence-corrected chi connectivity index (χ0v) is 8.54. The third-order valence-electron chi connectivity index (χ3n) is 1.72. The summed E-state index contributed by atoms with van der Waals surface area (Å²) in [5.74, 6) is 0.414. The lowest BCUT2D eigenvalue weighted by Crippen LogP contribution is -1.96. The van der Waals surface area contributed by atoms with Crippen molar-refractivity contribution in [2.45, 2.75) is 19.5 Å². The Morgan fingerprint density at radius 1 is 1.33 bits per heavy atom. The number of hydrogen-bond acceptors (Lipinski definition) is 1. The van der Waals surface area contributed by atoms with E-state index in [1.54, 1.807) is 6.07 Å². The number of para-hydroxylation sites is 1. The molecule has 0 aliphatic carbocycles. The summed E-state index contributed by atoms with van der Waals surface area (Å²) in [6.45, 7) is 4.48. The summed E-state index contributed by atoms with van der Waals surface area (Å²) < 4.78 is 0. The fourth-order valence-electron chi connectivity index (χ4n) is 0.998. The largest absolute Gasteiger partial charge is 0.508 e. The molecule has 0 saturated heterocycles. The normalized spacial score (nSPS) is 9.50. The van der Waals surface area contributed by atoms with Gasteiger partial charge in [-0.15, -0.1) is 0 Å². The summed E-state index contributed by atoms with van der Waals surface area (Å²) in [7, 11) is -0.285. The van der Waals surface area contributed by atoms with Crippen molar-refractivity contribution in [1.29, 1.82) is 0 Å². The summed E-state index contributed by atoms with van der Waals surface area (Å²) in [4.78, 5) is 0. The predicted octanol–water partition coefficient (Wildman–Crippen LogP) is 2.07. The molecule has 2 heteroatoms. The third-order valence-corrected chi connectivity index (χ3v) is 2.74. The van der Waals surface area contributed by atoms with Gasteiger partial charge in [0.15, 0.2) is 0 Å². The van der Waals surface area contributed by atoms with Crippen LogP contribution in [0.5, 0.6) is 5.75 Å². The average Bonchev–Trinajstić information content (AvgIpc) is 2.03. The van der Waals surface area contributed by atoms with E-state index < -0.39 is 0 Å². The van der Waals surface area contributed by atoms with Crippen LogP contribution in [0.2, 0.25) is 13.1 Å². The summed E-state index contributed by atoms with van der Waals surface area (Å²) in [5.41, 5.74) is 3.32. The molecule has 64 valence electrons. The molecule has 0 amide bonds. The average molecular weight is 178 g/mol. The molecule has 0 atom stereocenters. The minimum atomic E-state index is -0.285. The van der Waals surface area contributed by atoms with Crippen LogP contribution in [0.15, 0.2) is 24.3 Å². The highest BCUT2D eigenvalue weighted by Gasteiger charge is 1.95. The Morgan fingerprint density at radius 3 is 2.58 bits per heavy atom. The molecule has 0 unspecified atom stereocenters. The first-order valence-corrected chi connectivity index (χ1v) is 6.68. The van der Waals surface area contributed by atoms with Gasteiger partial charge >= 0.3 is 0 Å². The maximum atomic E-state index is 9.41. The summed E-state index contributed by atoms with van der Waals surface area (Å²) >= 11 is 0. The standard InChI is InChI=1S/C10H14OSi/c1-12(2)8-7-9-5-3-4-6-10(9)11/h3-6,8,11H,7H2,1-2H3. The zero-order chi connectivity index (χ0) is 8.97. The van der Waals surface area contributed by atoms with E-state index in [0.717, 1.165) is 12.0 Å². The second-order valence-electron chi connectivity index (χ2n) is 3.11. The predicted molar refractivity (Wildman–Crippen MR) is 55.4 cm³/mol. The van der Waals surface area contributed by atoms with E-state index in [1.807, 2.05) is 18.2 Å². The molecule has 0 aliphatic rings. The highest BCUT2D eigenvalue weighted by atomic mass is 28.2. The first-order valence-electron chi connectivity index (χ1n) is 4.10. The van der Waals surface area contributed by atoms with Crippen LogP contribution < -0.4 is 0 Å². The molecule has 0 saturated carbocycles. The van der Waals surface area contributed by atoms with Crippen LogP contribution in [0.4, 0.5) is 0 Å². The van der Waals surface area contributed by atoms with Gasteiger partial charge in [-0.2, -0.15) is 0 Å². The van der Waals surface area contributed by atoms with E-state index in [4.69, 9.17) is 0 Å². The monoisotopic (exact) mass is 178 g/mol. The molecule has 0 spiro atoms. The maximum absolute atomic E-state index is 9.41. The number of benzene rings is 1. The van der Waals surface area contributed by atoms with Crippen LogP contribution in [0.3, 0.4) is 0 Å². The van der Waals surface area contributed by atoms with Crippen LogP contribution in [0, 0.1) is 0 Å². The molecule has 0 aliphatic heterocycles. The minimum absolute atomic E-state index is 0.285. The lowest BCUT2D eigenvalue weighted by atomic mass is 10.1. The van der Waals surface area contributed by atoms with Crippen molar-refractivity contribution < 1.29 is 5.11 Å². The molecular formula is C10H14OSi. The number of phenols is 1. The van der Waals surface area contributed by atoms with Gasteiger partial charge in [0.2, 0.25) is 0 Å². The van der Waals surface area contributed by atoms with Crippen molar-refractivity contribution in [2.75, 3.05) is 0 Å². The molecule has 0 fully saturated rings. The van der Waals surface area contributed by atoms with Crippen molar-refractivity contribution in [3.05, 3.63) is 29.8 Å². The molecule has 1 rings (SSSR count). The Bertz CT molecular complexity index is 288. The van der Waals surface area contributed by atoms with Crippen LogP contribution in [-0.4, -0.2) is 19.2 Å². The van der Waals surface area contributed by atoms with Crippen LogP contribution in [-0.2, 0) is 6.42 Å². The number of rotatable bonds is 2. The van der Waals surface area contributed by atoms with Gasteiger partial charge in [-0.25, -0.2) is 0 Å². The number of phenolic OH excluding ortho intramolecular Hbond substituents is 1. The second-order valence-corrected chi connectivity index (χ2v) is 5.68. The van der Waals surface area contributed by atoms with Crippen molar-refractivity contribution in [1.82, 2.24) is 0 Å². The first kappa shape index (κ1) is 9.20. The SMILES string of the molecule is C[Si](C)=CCc1ccccc1O. The molecule has 1 aromatic rings. The van der Waals surface area contributed by atoms with Crippen LogP contribution in [0.25, 0.3) is 0 Å². The molecule has 1 aromatic carbocycles. The van der Waals surface area contributed by atoms with E-state index in [0.29, 0.717) is 5.75 Å². The molecule has 1 nitrogen and oxygen atoms in total. The van der Waals surface area contributed by atoms with E-state index in [-0.39, 0.29) is 8.41 Å². The molecule has 0 heterocycles. The molecule has 1 N–H and O–H groups in total. The highest BCUT2D eigenvalue weighted by molar-refractivity contribution is 6.63. The van der Waals surface area contributed by atoms with Gasteiger partial charge in [-0.1, -0.05) is 37.0 Å². The topological polar surface area (TPSA) is 20.2 Å². The molecule has 0 radical (unpaired) electrons. The third kappa shape index (κ3) is 2.62. The van der Waals surface area contributed by atoms with Crippen LogP contribution in [0.1, 0.15) is 5.56 Å². The van der Waals surface area contributed by atoms with Gasteiger partial charge in [0.25, 0.3) is 0 Å². The van der Waals surface area contributed by atoms with Crippen molar-refractivity contribution >= 4 is 14.1 Å². The Labute approximate surface area is 74.9 Å². The molecule has 12 heavy (non-hydrogen) atoms. The fourth-order valence-corrected chi connectivity index (χ4v) is 1.63. The Hall–Kier alpha value is -0.893. The van der Waals surface area contributed by atoms with E-state index in [1.165, 1.54) is 0 Å². The smallest absolute Gasteiger partial charge is 0.119 e. The van der Waals surface area contributed by atoms with Crippen molar-refractivity contribution in [3.8, 4) is 5.75 Å². The van der Waals surface area contributed by atoms with E-state index in [2.05, 4.69) is 18.8 Å². The van der Waals surface area contributed by atoms with Gasteiger partial charge in [-0.05, 0) is 26.5 Å². The van der Waals surface area contributed by atoms with E-state index in [9.17, 15) is 5.11 Å². The molecule has 0 bridgehead atoms. The van der Waals surface area contributed by atoms with Gasteiger partial charge < -0.3 is 5.11 Å². The Morgan fingerprint density at radius 2 is 2.00 bits per heavy atom. The van der Waals surface area contributed by atoms with Gasteiger partial charge in [0, 0.05) is 0 Å². The van der Waals surface area contributed by atoms with Gasteiger partial charge in [0.1, 0.15) is 5.75 Å². The Kier molecular flexibility index (Phi) is 3.23. The van der Waals surface area contributed by atoms with Crippen molar-refractivity contribution in [3.63, 3.8) is 0 Å². The van der Waals surface area contributed by atoms with Crippen LogP contribution >= 0.6 is 0 Å². The van der Waals surface area contributed by atoms with Gasteiger partial charge in [-0.3, -0.25) is 0 Å². The lowest BCUT2D eigenvalue weighted by molar-refractivity contribution is 0.470. The zero-order valence-electron chi connectivity index (χ0n) is 7.54. The molecular weight excluding hydrogens is 164 g/mol. The summed E-state index contributed by atoms with van der Waals surface area (Å²) in [5, 5.41) is 9.41. The lowest BCUT2D eigenvalue weighted by Gasteiger charge is -1.99. The summed E-state index contributed by atoms with van der Waals surface area (Å²) in [6, 6.07) is 7.51. The highest BCUT2D eigenvalue weighted by Crippen LogP contribution is 2.14. The second kappa shape index (κ2) is 4.21. The number of aromatic hydroxyl groups is 1.